The van der Waals surface area contributed by atoms with Crippen molar-refractivity contribution in [2.24, 2.45) is 15.0 Å². The minimum Gasteiger partial charge on any atom is -0.482 e. The first kappa shape index (κ1) is 17.8. The lowest BCUT2D eigenvalue weighted by molar-refractivity contribution is 0.277. The van der Waals surface area contributed by atoms with Crippen molar-refractivity contribution < 1.29 is 4.74 Å². The zero-order chi connectivity index (χ0) is 19.6. The normalized spacial score (nSPS) is 18.1. The molecule has 0 aromatic heterocycles. The van der Waals surface area contributed by atoms with Crippen LogP contribution >= 0.6 is 11.6 Å². The number of fused-ring (bicyclic) bond motifs is 2. The van der Waals surface area contributed by atoms with E-state index < -0.39 is 0 Å². The van der Waals surface area contributed by atoms with Crippen LogP contribution in [0.5, 0.6) is 5.75 Å². The zero-order valence-corrected chi connectivity index (χ0v) is 16.4. The maximum absolute atomic E-state index is 6.44. The highest BCUT2D eigenvalue weighted by Crippen LogP contribution is 2.36. The lowest BCUT2D eigenvalue weighted by Crippen LogP contribution is -2.30. The van der Waals surface area contributed by atoms with Crippen LogP contribution in [0.3, 0.4) is 0 Å². The van der Waals surface area contributed by atoms with Gasteiger partial charge in [-0.25, -0.2) is 9.98 Å². The fraction of sp³-hybridized carbons (Fsp3) is 0.125. The first-order valence-electron chi connectivity index (χ1n) is 9.54. The molecule has 0 radical (unpaired) electrons. The van der Waals surface area contributed by atoms with Crippen molar-refractivity contribution in [2.45, 2.75) is 18.9 Å². The Morgan fingerprint density at radius 2 is 1.38 bits per heavy atom. The fourth-order valence-electron chi connectivity index (χ4n) is 3.56. The summed E-state index contributed by atoms with van der Waals surface area (Å²) in [6, 6.07) is 25.8. The van der Waals surface area contributed by atoms with Gasteiger partial charge in [-0.2, -0.15) is 0 Å². The molecule has 0 N–H and O–H groups in total. The predicted octanol–water partition coefficient (Wildman–Crippen LogP) is 6.40. The second-order valence-electron chi connectivity index (χ2n) is 6.96. The van der Waals surface area contributed by atoms with Crippen LogP contribution in [-0.2, 0) is 0 Å². The van der Waals surface area contributed by atoms with E-state index in [9.17, 15) is 0 Å². The Morgan fingerprint density at radius 3 is 2.17 bits per heavy atom. The molecule has 0 aliphatic carbocycles. The first-order chi connectivity index (χ1) is 14.3. The third-order valence-electron chi connectivity index (χ3n) is 4.96. The maximum atomic E-state index is 6.44. The molecule has 5 heteroatoms. The lowest BCUT2D eigenvalue weighted by atomic mass is 10.00. The van der Waals surface area contributed by atoms with Crippen LogP contribution in [0.2, 0.25) is 0 Å². The Hall–Kier alpha value is -3.24. The molecule has 3 aromatic carbocycles. The minimum absolute atomic E-state index is 0.285. The molecule has 0 saturated heterocycles. The summed E-state index contributed by atoms with van der Waals surface area (Å²) in [7, 11) is 0. The smallest absolute Gasteiger partial charge is 0.145 e. The number of para-hydroxylation sites is 4. The highest BCUT2D eigenvalue weighted by Gasteiger charge is 2.27. The van der Waals surface area contributed by atoms with Gasteiger partial charge >= 0.3 is 0 Å². The third-order valence-corrected chi connectivity index (χ3v) is 5.18. The van der Waals surface area contributed by atoms with E-state index >= 15 is 0 Å². The van der Waals surface area contributed by atoms with Crippen LogP contribution in [-0.4, -0.2) is 22.7 Å². The van der Waals surface area contributed by atoms with E-state index in [1.165, 1.54) is 0 Å². The van der Waals surface area contributed by atoms with Gasteiger partial charge in [0.1, 0.15) is 22.7 Å². The molecule has 2 heterocycles. The summed E-state index contributed by atoms with van der Waals surface area (Å²) in [6.07, 6.45) is 0.766. The number of ether oxygens (including phenoxy) is 1. The van der Waals surface area contributed by atoms with Crippen LogP contribution in [0.1, 0.15) is 18.4 Å². The van der Waals surface area contributed by atoms with Crippen molar-refractivity contribution in [3.05, 3.63) is 84.4 Å². The van der Waals surface area contributed by atoms with Crippen LogP contribution in [0.15, 0.2) is 93.8 Å². The van der Waals surface area contributed by atoms with Crippen molar-refractivity contribution in [3.8, 4) is 5.75 Å². The average Bonchev–Trinajstić information content (AvgIpc) is 3.05. The van der Waals surface area contributed by atoms with Gasteiger partial charge in [0.25, 0.3) is 0 Å². The van der Waals surface area contributed by atoms with Gasteiger partial charge in [-0.3, -0.25) is 4.99 Å². The molecule has 5 rings (SSSR count). The second-order valence-corrected chi connectivity index (χ2v) is 7.40. The largest absolute Gasteiger partial charge is 0.482 e. The molecule has 0 saturated carbocycles. The van der Waals surface area contributed by atoms with E-state index in [-0.39, 0.29) is 6.10 Å². The van der Waals surface area contributed by atoms with Crippen LogP contribution in [0, 0.1) is 0 Å². The summed E-state index contributed by atoms with van der Waals surface area (Å²) in [6.45, 7) is 0. The van der Waals surface area contributed by atoms with Gasteiger partial charge in [0.2, 0.25) is 0 Å². The maximum Gasteiger partial charge on any atom is 0.145 e. The Labute approximate surface area is 174 Å². The molecule has 2 aliphatic rings. The highest BCUT2D eigenvalue weighted by molar-refractivity contribution is 6.67. The van der Waals surface area contributed by atoms with Gasteiger partial charge in [0.05, 0.1) is 22.8 Å². The number of aliphatic imine (C=N–C) groups is 3. The number of nitrogens with zero attached hydrogens (tertiary/aromatic N) is 3. The van der Waals surface area contributed by atoms with Crippen LogP contribution in [0.25, 0.3) is 0 Å². The Morgan fingerprint density at radius 1 is 0.724 bits per heavy atom. The molecule has 0 amide bonds. The lowest BCUT2D eigenvalue weighted by Gasteiger charge is -2.19. The SMILES string of the molecule is ClC1=Nc2ccccc2N=C(C2CC(c3ccccc3)=Nc3ccccc3O2)C1. The molecule has 1 unspecified atom stereocenters. The molecular weight excluding hydrogens is 382 g/mol. The standard InChI is InChI=1S/C24H18ClN3O/c25-24-15-21(26-17-10-4-5-11-18(17)28-24)23-14-20(16-8-2-1-3-9-16)27-19-12-6-7-13-22(19)29-23/h1-13,23H,14-15H2. The molecule has 142 valence electrons. The second kappa shape index (κ2) is 7.64. The van der Waals surface area contributed by atoms with E-state index in [4.69, 9.17) is 26.3 Å². The van der Waals surface area contributed by atoms with Crippen LogP contribution < -0.4 is 4.74 Å². The Bertz CT molecular complexity index is 1150. The Balaban J connectivity index is 1.60. The molecule has 29 heavy (non-hydrogen) atoms. The molecule has 1 atom stereocenters. The third kappa shape index (κ3) is 3.71. The summed E-state index contributed by atoms with van der Waals surface area (Å²) in [5, 5.41) is 0.507. The molecular formula is C24H18ClN3O. The summed E-state index contributed by atoms with van der Waals surface area (Å²) in [5.41, 5.74) is 5.30. The number of hydrogen-bond donors (Lipinski definition) is 0. The van der Waals surface area contributed by atoms with Gasteiger partial charge in [0.15, 0.2) is 0 Å². The van der Waals surface area contributed by atoms with Gasteiger partial charge in [-0.05, 0) is 29.8 Å². The van der Waals surface area contributed by atoms with Crippen LogP contribution in [0.4, 0.5) is 17.1 Å². The number of hydrogen-bond acceptors (Lipinski definition) is 4. The molecule has 0 bridgehead atoms. The fourth-order valence-corrected chi connectivity index (χ4v) is 3.79. The highest BCUT2D eigenvalue weighted by atomic mass is 35.5. The number of halogens is 1. The molecule has 2 aliphatic heterocycles. The molecule has 3 aromatic rings. The van der Waals surface area contributed by atoms with E-state index in [1.54, 1.807) is 0 Å². The quantitative estimate of drug-likeness (QED) is 0.491. The predicted molar refractivity (Wildman–Crippen MR) is 119 cm³/mol. The van der Waals surface area contributed by atoms with Crippen molar-refractivity contribution in [3.63, 3.8) is 0 Å². The van der Waals surface area contributed by atoms with Gasteiger partial charge in [-0.1, -0.05) is 66.2 Å². The van der Waals surface area contributed by atoms with E-state index in [0.29, 0.717) is 18.0 Å². The summed E-state index contributed by atoms with van der Waals surface area (Å²) in [5.74, 6) is 0.747. The van der Waals surface area contributed by atoms with Crippen molar-refractivity contribution in [2.75, 3.05) is 0 Å². The monoisotopic (exact) mass is 399 g/mol. The van der Waals surface area contributed by atoms with Gasteiger partial charge in [0, 0.05) is 12.8 Å². The number of rotatable bonds is 2. The first-order valence-corrected chi connectivity index (χ1v) is 9.92. The van der Waals surface area contributed by atoms with Crippen molar-refractivity contribution in [1.82, 2.24) is 0 Å². The zero-order valence-electron chi connectivity index (χ0n) is 15.6. The topological polar surface area (TPSA) is 46.3 Å². The van der Waals surface area contributed by atoms with Crippen molar-refractivity contribution >= 4 is 45.3 Å². The van der Waals surface area contributed by atoms with E-state index in [2.05, 4.69) is 17.1 Å². The van der Waals surface area contributed by atoms with Gasteiger partial charge < -0.3 is 4.74 Å². The van der Waals surface area contributed by atoms with Crippen molar-refractivity contribution in [1.29, 1.82) is 0 Å². The minimum atomic E-state index is -0.285. The number of benzene rings is 3. The van der Waals surface area contributed by atoms with E-state index in [1.807, 2.05) is 66.7 Å². The van der Waals surface area contributed by atoms with E-state index in [0.717, 1.165) is 39.8 Å². The molecule has 4 nitrogen and oxygen atoms in total. The summed E-state index contributed by atoms with van der Waals surface area (Å²) < 4.78 is 6.41. The Kier molecular flexibility index (Phi) is 4.70. The summed E-state index contributed by atoms with van der Waals surface area (Å²) >= 11 is 6.44. The molecule has 0 fully saturated rings. The molecule has 0 spiro atoms. The summed E-state index contributed by atoms with van der Waals surface area (Å²) in [4.78, 5) is 14.3. The average molecular weight is 400 g/mol. The van der Waals surface area contributed by atoms with Gasteiger partial charge in [-0.15, -0.1) is 0 Å².